The summed E-state index contributed by atoms with van der Waals surface area (Å²) in [6, 6.07) is 2.26. The second-order valence-electron chi connectivity index (χ2n) is 4.59. The van der Waals surface area contributed by atoms with E-state index in [-0.39, 0.29) is 5.41 Å². The molecule has 1 aliphatic heterocycles. The summed E-state index contributed by atoms with van der Waals surface area (Å²) in [4.78, 5) is 3.45. The lowest BCUT2D eigenvalue weighted by atomic mass is 9.92. The van der Waals surface area contributed by atoms with Crippen LogP contribution in [-0.4, -0.2) is 4.98 Å². The van der Waals surface area contributed by atoms with E-state index in [1.54, 1.807) is 0 Å². The summed E-state index contributed by atoms with van der Waals surface area (Å²) < 4.78 is 0. The van der Waals surface area contributed by atoms with Gasteiger partial charge in [0.2, 0.25) is 0 Å². The van der Waals surface area contributed by atoms with E-state index in [0.29, 0.717) is 0 Å². The summed E-state index contributed by atoms with van der Waals surface area (Å²) >= 11 is 0. The number of aromatic nitrogens is 1. The molecule has 0 fully saturated rings. The highest BCUT2D eigenvalue weighted by atomic mass is 14.9. The minimum absolute atomic E-state index is 0.213. The smallest absolute Gasteiger partial charge is 0.0447 e. The molecule has 0 saturated carbocycles. The fraction of sp³-hybridized carbons (Fsp3) is 0.455. The lowest BCUT2D eigenvalue weighted by Crippen LogP contribution is -2.11. The molecule has 13 heavy (non-hydrogen) atoms. The molecule has 0 spiro atoms. The molecule has 0 unspecified atom stereocenters. The third-order valence-corrected chi connectivity index (χ3v) is 2.40. The van der Waals surface area contributed by atoms with Gasteiger partial charge >= 0.3 is 0 Å². The Morgan fingerprint density at radius 3 is 2.69 bits per heavy atom. The first-order valence-corrected chi connectivity index (χ1v) is 4.70. The Hall–Kier alpha value is -1.18. The molecule has 70 valence electrons. The van der Waals surface area contributed by atoms with Crippen LogP contribution in [0.2, 0.25) is 0 Å². The number of nitrogens with one attached hydrogen (secondary N) is 2. The van der Waals surface area contributed by atoms with E-state index < -0.39 is 0 Å². The topological polar surface area (TPSA) is 27.8 Å². The van der Waals surface area contributed by atoms with Crippen LogP contribution in [-0.2, 0) is 12.0 Å². The average molecular weight is 176 g/mol. The van der Waals surface area contributed by atoms with Crippen molar-refractivity contribution in [2.45, 2.75) is 32.7 Å². The molecule has 0 amide bonds. The van der Waals surface area contributed by atoms with Crippen LogP contribution in [0.5, 0.6) is 0 Å². The highest BCUT2D eigenvalue weighted by Gasteiger charge is 2.18. The van der Waals surface area contributed by atoms with E-state index in [0.717, 1.165) is 6.54 Å². The highest BCUT2D eigenvalue weighted by Crippen LogP contribution is 2.25. The molecule has 2 heteroatoms. The lowest BCUT2D eigenvalue weighted by Gasteiger charge is -2.15. The zero-order chi connectivity index (χ0) is 9.47. The third kappa shape index (κ3) is 1.48. The molecule has 0 radical (unpaired) electrons. The van der Waals surface area contributed by atoms with Crippen molar-refractivity contribution in [1.82, 2.24) is 10.3 Å². The fourth-order valence-corrected chi connectivity index (χ4v) is 1.52. The van der Waals surface area contributed by atoms with E-state index in [1.165, 1.54) is 17.0 Å². The van der Waals surface area contributed by atoms with Crippen LogP contribution in [0.25, 0.3) is 6.08 Å². The molecule has 2 nitrogen and oxygen atoms in total. The molecule has 2 N–H and O–H groups in total. The Morgan fingerprint density at radius 2 is 2.08 bits per heavy atom. The molecule has 2 rings (SSSR count). The number of aromatic amines is 1. The summed E-state index contributed by atoms with van der Waals surface area (Å²) in [5.41, 5.74) is 4.15. The van der Waals surface area contributed by atoms with Crippen LogP contribution >= 0.6 is 0 Å². The highest BCUT2D eigenvalue weighted by molar-refractivity contribution is 5.53. The van der Waals surface area contributed by atoms with Crippen molar-refractivity contribution in [2.75, 3.05) is 0 Å². The fourth-order valence-electron chi connectivity index (χ4n) is 1.52. The molecule has 0 bridgehead atoms. The van der Waals surface area contributed by atoms with Gasteiger partial charge in [-0.15, -0.1) is 0 Å². The van der Waals surface area contributed by atoms with Crippen molar-refractivity contribution in [1.29, 1.82) is 0 Å². The van der Waals surface area contributed by atoms with Crippen molar-refractivity contribution in [3.8, 4) is 0 Å². The summed E-state index contributed by atoms with van der Waals surface area (Å²) in [5, 5.41) is 3.21. The Bertz CT molecular complexity index is 339. The maximum Gasteiger partial charge on any atom is 0.0447 e. The lowest BCUT2D eigenvalue weighted by molar-refractivity contribution is 0.572. The van der Waals surface area contributed by atoms with Gasteiger partial charge in [0.25, 0.3) is 0 Å². The molecule has 1 aliphatic rings. The Balaban J connectivity index is 2.42. The summed E-state index contributed by atoms with van der Waals surface area (Å²) in [6.07, 6.45) is 4.08. The maximum atomic E-state index is 3.45. The van der Waals surface area contributed by atoms with Gasteiger partial charge in [0, 0.05) is 23.3 Å². The van der Waals surface area contributed by atoms with Crippen molar-refractivity contribution in [2.24, 2.45) is 0 Å². The van der Waals surface area contributed by atoms with Gasteiger partial charge < -0.3 is 10.3 Å². The standard InChI is InChI=1S/C11H16N2/c1-11(2,3)10-6-8-7-12-5-4-9(8)13-10/h4-6,12-13H,7H2,1-3H3. The van der Waals surface area contributed by atoms with Crippen LogP contribution < -0.4 is 5.32 Å². The third-order valence-electron chi connectivity index (χ3n) is 2.40. The molecular weight excluding hydrogens is 160 g/mol. The largest absolute Gasteiger partial charge is 0.387 e. The minimum Gasteiger partial charge on any atom is -0.387 e. The minimum atomic E-state index is 0.213. The first-order valence-electron chi connectivity index (χ1n) is 4.70. The van der Waals surface area contributed by atoms with Gasteiger partial charge in [-0.25, -0.2) is 0 Å². The molecule has 0 atom stereocenters. The van der Waals surface area contributed by atoms with E-state index in [4.69, 9.17) is 0 Å². The van der Waals surface area contributed by atoms with Crippen LogP contribution in [0.4, 0.5) is 0 Å². The SMILES string of the molecule is CC(C)(C)c1cc2c([nH]1)C=CNC2. The summed E-state index contributed by atoms with van der Waals surface area (Å²) in [5.74, 6) is 0. The zero-order valence-electron chi connectivity index (χ0n) is 8.44. The van der Waals surface area contributed by atoms with Gasteiger partial charge in [0.15, 0.2) is 0 Å². The van der Waals surface area contributed by atoms with Crippen LogP contribution in [0.15, 0.2) is 12.3 Å². The van der Waals surface area contributed by atoms with Gasteiger partial charge in [-0.2, -0.15) is 0 Å². The quantitative estimate of drug-likeness (QED) is 0.624. The van der Waals surface area contributed by atoms with Crippen molar-refractivity contribution >= 4 is 6.08 Å². The normalized spacial score (nSPS) is 15.3. The van der Waals surface area contributed by atoms with Crippen LogP contribution in [0.1, 0.15) is 37.7 Å². The van der Waals surface area contributed by atoms with Gasteiger partial charge in [0.1, 0.15) is 0 Å². The number of rotatable bonds is 0. The van der Waals surface area contributed by atoms with Crippen molar-refractivity contribution in [3.63, 3.8) is 0 Å². The van der Waals surface area contributed by atoms with E-state index >= 15 is 0 Å². The Morgan fingerprint density at radius 1 is 1.31 bits per heavy atom. The summed E-state index contributed by atoms with van der Waals surface area (Å²) in [6.45, 7) is 7.61. The molecule has 0 saturated heterocycles. The van der Waals surface area contributed by atoms with Crippen LogP contribution in [0, 0.1) is 0 Å². The van der Waals surface area contributed by atoms with E-state index in [2.05, 4.69) is 43.2 Å². The second kappa shape index (κ2) is 2.66. The molecule has 1 aromatic heterocycles. The predicted octanol–water partition coefficient (Wildman–Crippen LogP) is 2.39. The predicted molar refractivity (Wildman–Crippen MR) is 55.4 cm³/mol. The van der Waals surface area contributed by atoms with E-state index in [1.807, 2.05) is 6.20 Å². The Kier molecular flexibility index (Phi) is 1.72. The average Bonchev–Trinajstić information content (AvgIpc) is 2.45. The zero-order valence-corrected chi connectivity index (χ0v) is 8.44. The Labute approximate surface area is 79.0 Å². The number of hydrogen-bond donors (Lipinski definition) is 2. The molecule has 0 aromatic carbocycles. The van der Waals surface area contributed by atoms with Gasteiger partial charge in [0.05, 0.1) is 0 Å². The number of hydrogen-bond acceptors (Lipinski definition) is 1. The number of fused-ring (bicyclic) bond motifs is 1. The molecule has 2 heterocycles. The molecule has 0 aliphatic carbocycles. The molecular formula is C11H16N2. The first-order chi connectivity index (χ1) is 6.07. The molecule has 1 aromatic rings. The van der Waals surface area contributed by atoms with Crippen molar-refractivity contribution < 1.29 is 0 Å². The first kappa shape index (κ1) is 8.42. The van der Waals surface area contributed by atoms with Crippen LogP contribution in [0.3, 0.4) is 0 Å². The number of H-pyrrole nitrogens is 1. The van der Waals surface area contributed by atoms with Gasteiger partial charge in [-0.05, 0) is 23.9 Å². The maximum absolute atomic E-state index is 3.45. The van der Waals surface area contributed by atoms with Gasteiger partial charge in [-0.1, -0.05) is 20.8 Å². The van der Waals surface area contributed by atoms with Crippen molar-refractivity contribution in [3.05, 3.63) is 29.2 Å². The summed E-state index contributed by atoms with van der Waals surface area (Å²) in [7, 11) is 0. The monoisotopic (exact) mass is 176 g/mol. The van der Waals surface area contributed by atoms with Gasteiger partial charge in [-0.3, -0.25) is 0 Å². The second-order valence-corrected chi connectivity index (χ2v) is 4.59. The van der Waals surface area contributed by atoms with E-state index in [9.17, 15) is 0 Å².